The number of hydrogen-bond donors (Lipinski definition) is 1. The molecule has 0 aliphatic heterocycles. The highest BCUT2D eigenvalue weighted by atomic mass is 19.1. The van der Waals surface area contributed by atoms with Crippen LogP contribution in [0.5, 0.6) is 0 Å². The lowest BCUT2D eigenvalue weighted by atomic mass is 10.2. The van der Waals surface area contributed by atoms with E-state index < -0.39 is 6.80 Å². The van der Waals surface area contributed by atoms with Gasteiger partial charge >= 0.3 is 0 Å². The minimum atomic E-state index is -0.396. The van der Waals surface area contributed by atoms with Gasteiger partial charge in [-0.2, -0.15) is 0 Å². The molecule has 2 heteroatoms. The molecular formula is C6H14FN. The number of rotatable bonds is 4. The smallest absolute Gasteiger partial charge is 0.140 e. The maximum Gasteiger partial charge on any atom is 0.140 e. The molecule has 0 heterocycles. The summed E-state index contributed by atoms with van der Waals surface area (Å²) < 4.78 is 11.5. The van der Waals surface area contributed by atoms with E-state index in [0.717, 1.165) is 12.8 Å². The third kappa shape index (κ3) is 2.97. The van der Waals surface area contributed by atoms with Crippen LogP contribution in [-0.4, -0.2) is 12.8 Å². The van der Waals surface area contributed by atoms with Crippen LogP contribution < -0.4 is 5.32 Å². The van der Waals surface area contributed by atoms with Crippen molar-refractivity contribution in [1.29, 1.82) is 0 Å². The van der Waals surface area contributed by atoms with Gasteiger partial charge in [0.1, 0.15) is 6.80 Å². The molecule has 0 spiro atoms. The fraction of sp³-hybridized carbons (Fsp3) is 1.00. The molecule has 0 radical (unpaired) electrons. The van der Waals surface area contributed by atoms with Crippen LogP contribution in [0.25, 0.3) is 0 Å². The first-order valence-corrected chi connectivity index (χ1v) is 3.14. The van der Waals surface area contributed by atoms with Crippen molar-refractivity contribution >= 4 is 0 Å². The number of alkyl halides is 1. The zero-order valence-corrected chi connectivity index (χ0v) is 5.58. The second-order valence-electron chi connectivity index (χ2n) is 1.85. The molecule has 0 bridgehead atoms. The Morgan fingerprint density at radius 2 is 1.88 bits per heavy atom. The summed E-state index contributed by atoms with van der Waals surface area (Å²) in [4.78, 5) is 0. The van der Waals surface area contributed by atoms with Crippen molar-refractivity contribution in [3.63, 3.8) is 0 Å². The van der Waals surface area contributed by atoms with Crippen molar-refractivity contribution in [3.05, 3.63) is 0 Å². The van der Waals surface area contributed by atoms with Crippen LogP contribution >= 0.6 is 0 Å². The maximum atomic E-state index is 11.5. The SMILES string of the molecule is CCC(CC)NCF. The Hall–Kier alpha value is -0.110. The summed E-state index contributed by atoms with van der Waals surface area (Å²) in [5, 5.41) is 2.72. The second kappa shape index (κ2) is 5.04. The first-order chi connectivity index (χ1) is 3.85. The average Bonchev–Trinajstić information content (AvgIpc) is 1.83. The van der Waals surface area contributed by atoms with Crippen LogP contribution in [0.4, 0.5) is 4.39 Å². The predicted molar refractivity (Wildman–Crippen MR) is 33.5 cm³/mol. The fourth-order valence-electron chi connectivity index (χ4n) is 0.686. The molecule has 50 valence electrons. The molecule has 1 nitrogen and oxygen atoms in total. The molecule has 1 N–H and O–H groups in total. The van der Waals surface area contributed by atoms with Gasteiger partial charge in [-0.3, -0.25) is 5.32 Å². The van der Waals surface area contributed by atoms with Gasteiger partial charge in [-0.05, 0) is 12.8 Å². The van der Waals surface area contributed by atoms with E-state index in [4.69, 9.17) is 0 Å². The first kappa shape index (κ1) is 7.89. The Bertz CT molecular complexity index is 43.8. The van der Waals surface area contributed by atoms with Crippen molar-refractivity contribution < 1.29 is 4.39 Å². The van der Waals surface area contributed by atoms with E-state index >= 15 is 0 Å². The monoisotopic (exact) mass is 119 g/mol. The molecule has 0 rings (SSSR count). The lowest BCUT2D eigenvalue weighted by molar-refractivity contribution is 0.364. The van der Waals surface area contributed by atoms with Crippen molar-refractivity contribution in [2.45, 2.75) is 32.7 Å². The molecule has 0 aromatic rings. The van der Waals surface area contributed by atoms with E-state index in [1.165, 1.54) is 0 Å². The Morgan fingerprint density at radius 3 is 2.00 bits per heavy atom. The standard InChI is InChI=1S/C6H14FN/c1-3-6(4-2)8-5-7/h6,8H,3-5H2,1-2H3. The van der Waals surface area contributed by atoms with Gasteiger partial charge in [-0.15, -0.1) is 0 Å². The first-order valence-electron chi connectivity index (χ1n) is 3.14. The number of nitrogens with one attached hydrogen (secondary N) is 1. The van der Waals surface area contributed by atoms with E-state index in [-0.39, 0.29) is 0 Å². The molecule has 0 aliphatic rings. The minimum Gasteiger partial charge on any atom is -0.288 e. The van der Waals surface area contributed by atoms with Crippen LogP contribution in [0.2, 0.25) is 0 Å². The van der Waals surface area contributed by atoms with Crippen molar-refractivity contribution in [2.75, 3.05) is 6.80 Å². The van der Waals surface area contributed by atoms with Gasteiger partial charge < -0.3 is 0 Å². The highest BCUT2D eigenvalue weighted by molar-refractivity contribution is 4.57. The second-order valence-corrected chi connectivity index (χ2v) is 1.85. The molecular weight excluding hydrogens is 105 g/mol. The van der Waals surface area contributed by atoms with E-state index in [1.807, 2.05) is 0 Å². The summed E-state index contributed by atoms with van der Waals surface area (Å²) in [6.45, 7) is 3.71. The Morgan fingerprint density at radius 1 is 1.38 bits per heavy atom. The molecule has 0 atom stereocenters. The highest BCUT2D eigenvalue weighted by Gasteiger charge is 1.98. The van der Waals surface area contributed by atoms with Gasteiger partial charge in [0.15, 0.2) is 0 Å². The van der Waals surface area contributed by atoms with Crippen LogP contribution in [-0.2, 0) is 0 Å². The molecule has 0 aliphatic carbocycles. The third-order valence-corrected chi connectivity index (χ3v) is 1.35. The summed E-state index contributed by atoms with van der Waals surface area (Å²) in [6, 6.07) is 0.375. The van der Waals surface area contributed by atoms with Crippen LogP contribution in [0, 0.1) is 0 Å². The lowest BCUT2D eigenvalue weighted by Gasteiger charge is -2.09. The lowest BCUT2D eigenvalue weighted by Crippen LogP contribution is -2.26. The van der Waals surface area contributed by atoms with Crippen molar-refractivity contribution in [3.8, 4) is 0 Å². The quantitative estimate of drug-likeness (QED) is 0.555. The molecule has 0 aromatic carbocycles. The van der Waals surface area contributed by atoms with Gasteiger partial charge in [0, 0.05) is 6.04 Å². The van der Waals surface area contributed by atoms with Crippen LogP contribution in [0.3, 0.4) is 0 Å². The van der Waals surface area contributed by atoms with Crippen LogP contribution in [0.15, 0.2) is 0 Å². The van der Waals surface area contributed by atoms with E-state index in [0.29, 0.717) is 6.04 Å². The summed E-state index contributed by atoms with van der Waals surface area (Å²) in [5.74, 6) is 0. The average molecular weight is 119 g/mol. The van der Waals surface area contributed by atoms with Gasteiger partial charge in [0.05, 0.1) is 0 Å². The Kier molecular flexibility index (Phi) is 4.97. The number of halogens is 1. The summed E-state index contributed by atoms with van der Waals surface area (Å²) >= 11 is 0. The normalized spacial score (nSPS) is 10.5. The Labute approximate surface area is 50.3 Å². The van der Waals surface area contributed by atoms with Gasteiger partial charge in [0.2, 0.25) is 0 Å². The molecule has 0 saturated heterocycles. The summed E-state index contributed by atoms with van der Waals surface area (Å²) in [7, 11) is 0. The molecule has 0 amide bonds. The van der Waals surface area contributed by atoms with Gasteiger partial charge in [-0.1, -0.05) is 13.8 Å². The highest BCUT2D eigenvalue weighted by Crippen LogP contribution is 1.94. The fourth-order valence-corrected chi connectivity index (χ4v) is 0.686. The predicted octanol–water partition coefficient (Wildman–Crippen LogP) is 1.69. The zero-order valence-electron chi connectivity index (χ0n) is 5.58. The third-order valence-electron chi connectivity index (χ3n) is 1.35. The number of hydrogen-bond acceptors (Lipinski definition) is 1. The van der Waals surface area contributed by atoms with E-state index in [2.05, 4.69) is 19.2 Å². The molecule has 0 aromatic heterocycles. The summed E-state index contributed by atoms with van der Waals surface area (Å²) in [6.07, 6.45) is 2.03. The molecule has 0 fully saturated rings. The summed E-state index contributed by atoms with van der Waals surface area (Å²) in [5.41, 5.74) is 0. The largest absolute Gasteiger partial charge is 0.288 e. The zero-order chi connectivity index (χ0) is 6.41. The van der Waals surface area contributed by atoms with E-state index in [1.54, 1.807) is 0 Å². The van der Waals surface area contributed by atoms with Crippen molar-refractivity contribution in [2.24, 2.45) is 0 Å². The van der Waals surface area contributed by atoms with Crippen LogP contribution in [0.1, 0.15) is 26.7 Å². The van der Waals surface area contributed by atoms with E-state index in [9.17, 15) is 4.39 Å². The molecule has 0 unspecified atom stereocenters. The maximum absolute atomic E-state index is 11.5. The topological polar surface area (TPSA) is 12.0 Å². The van der Waals surface area contributed by atoms with Gasteiger partial charge in [-0.25, -0.2) is 4.39 Å². The Balaban J connectivity index is 3.07. The minimum absolute atomic E-state index is 0.375. The molecule has 0 saturated carbocycles. The molecule has 8 heavy (non-hydrogen) atoms. The van der Waals surface area contributed by atoms with Crippen molar-refractivity contribution in [1.82, 2.24) is 5.32 Å². The van der Waals surface area contributed by atoms with Gasteiger partial charge in [0.25, 0.3) is 0 Å².